The van der Waals surface area contributed by atoms with Crippen molar-refractivity contribution in [1.29, 1.82) is 0 Å². The van der Waals surface area contributed by atoms with Crippen molar-refractivity contribution in [3.8, 4) is 0 Å². The molecule has 2 aromatic rings. The molecule has 1 heterocycles. The second kappa shape index (κ2) is 6.17. The number of carbonyl (C=O) groups excluding carboxylic acids is 1. The van der Waals surface area contributed by atoms with Gasteiger partial charge in [-0.25, -0.2) is 0 Å². The van der Waals surface area contributed by atoms with E-state index >= 15 is 0 Å². The number of para-hydroxylation sites is 1. The number of amides is 1. The van der Waals surface area contributed by atoms with Crippen LogP contribution in [-0.4, -0.2) is 30.2 Å². The maximum Gasteiger partial charge on any atom is 0.405 e. The fourth-order valence-corrected chi connectivity index (χ4v) is 2.22. The molecule has 1 aromatic heterocycles. The van der Waals surface area contributed by atoms with Gasteiger partial charge in [0.15, 0.2) is 0 Å². The van der Waals surface area contributed by atoms with Crippen molar-refractivity contribution in [2.45, 2.75) is 19.3 Å². The maximum absolute atomic E-state index is 12.1. The van der Waals surface area contributed by atoms with Gasteiger partial charge >= 0.3 is 6.18 Å². The molecule has 0 aliphatic carbocycles. The molecular formula is C14H16F3N3O. The van der Waals surface area contributed by atoms with Gasteiger partial charge in [-0.2, -0.15) is 13.2 Å². The normalized spacial score (nSPS) is 11.8. The predicted octanol–water partition coefficient (Wildman–Crippen LogP) is 2.04. The lowest BCUT2D eigenvalue weighted by Crippen LogP contribution is -2.35. The third-order valence-corrected chi connectivity index (χ3v) is 3.04. The van der Waals surface area contributed by atoms with E-state index in [-0.39, 0.29) is 6.54 Å². The number of carbonyl (C=O) groups is 1. The molecule has 4 nitrogen and oxygen atoms in total. The van der Waals surface area contributed by atoms with Crippen LogP contribution in [0.25, 0.3) is 10.9 Å². The Hall–Kier alpha value is -2.02. The smallest absolute Gasteiger partial charge is 0.345 e. The number of nitrogens with zero attached hydrogens (tertiary/aromatic N) is 1. The first kappa shape index (κ1) is 15.4. The molecule has 0 saturated carbocycles. The fraction of sp³-hybridized carbons (Fsp3) is 0.357. The molecule has 0 fully saturated rings. The van der Waals surface area contributed by atoms with Crippen molar-refractivity contribution in [2.24, 2.45) is 0 Å². The van der Waals surface area contributed by atoms with Gasteiger partial charge in [0.2, 0.25) is 5.91 Å². The summed E-state index contributed by atoms with van der Waals surface area (Å²) in [4.78, 5) is 11.6. The Bertz CT molecular complexity index is 634. The van der Waals surface area contributed by atoms with Crippen LogP contribution in [0.3, 0.4) is 0 Å². The van der Waals surface area contributed by atoms with Gasteiger partial charge in [-0.3, -0.25) is 4.79 Å². The summed E-state index contributed by atoms with van der Waals surface area (Å²) < 4.78 is 37.9. The number of benzene rings is 1. The zero-order valence-corrected chi connectivity index (χ0v) is 11.5. The highest BCUT2D eigenvalue weighted by atomic mass is 19.4. The second-order valence-electron chi connectivity index (χ2n) is 4.72. The first-order valence-electron chi connectivity index (χ1n) is 6.45. The van der Waals surface area contributed by atoms with Crippen LogP contribution in [0.15, 0.2) is 30.5 Å². The molecule has 0 spiro atoms. The SMILES string of the molecule is CNCc1cccc2ccn(CC(=O)NCC(F)(F)F)c12. The van der Waals surface area contributed by atoms with Gasteiger partial charge in [-0.05, 0) is 24.1 Å². The van der Waals surface area contributed by atoms with Crippen LogP contribution >= 0.6 is 0 Å². The van der Waals surface area contributed by atoms with Crippen LogP contribution in [0.4, 0.5) is 13.2 Å². The van der Waals surface area contributed by atoms with Crippen molar-refractivity contribution in [3.05, 3.63) is 36.0 Å². The van der Waals surface area contributed by atoms with Crippen LogP contribution in [-0.2, 0) is 17.9 Å². The Balaban J connectivity index is 2.17. The number of alkyl halides is 3. The first-order valence-corrected chi connectivity index (χ1v) is 6.45. The van der Waals surface area contributed by atoms with Crippen molar-refractivity contribution >= 4 is 16.8 Å². The summed E-state index contributed by atoms with van der Waals surface area (Å²) in [6, 6.07) is 7.57. The molecule has 0 aliphatic heterocycles. The van der Waals surface area contributed by atoms with Crippen LogP contribution in [0.2, 0.25) is 0 Å². The van der Waals surface area contributed by atoms with Gasteiger partial charge < -0.3 is 15.2 Å². The lowest BCUT2D eigenvalue weighted by atomic mass is 10.1. The Morgan fingerprint density at radius 1 is 1.29 bits per heavy atom. The second-order valence-corrected chi connectivity index (χ2v) is 4.72. The molecule has 1 amide bonds. The summed E-state index contributed by atoms with van der Waals surface area (Å²) >= 11 is 0. The molecule has 0 atom stereocenters. The van der Waals surface area contributed by atoms with E-state index in [1.807, 2.05) is 36.6 Å². The Kier molecular flexibility index (Phi) is 4.52. The quantitative estimate of drug-likeness (QED) is 0.887. The van der Waals surface area contributed by atoms with E-state index in [0.717, 1.165) is 16.5 Å². The van der Waals surface area contributed by atoms with Crippen LogP contribution in [0.1, 0.15) is 5.56 Å². The first-order chi connectivity index (χ1) is 9.90. The van der Waals surface area contributed by atoms with Gasteiger partial charge in [0, 0.05) is 12.7 Å². The van der Waals surface area contributed by atoms with Crippen LogP contribution < -0.4 is 10.6 Å². The highest BCUT2D eigenvalue weighted by Crippen LogP contribution is 2.20. The molecule has 0 aliphatic rings. The molecule has 0 unspecified atom stereocenters. The third-order valence-electron chi connectivity index (χ3n) is 3.04. The average molecular weight is 299 g/mol. The molecule has 2 rings (SSSR count). The molecular weight excluding hydrogens is 283 g/mol. The number of rotatable bonds is 5. The van der Waals surface area contributed by atoms with Gasteiger partial charge in [-0.1, -0.05) is 18.2 Å². The summed E-state index contributed by atoms with van der Waals surface area (Å²) in [7, 11) is 1.81. The Morgan fingerprint density at radius 3 is 2.71 bits per heavy atom. The summed E-state index contributed by atoms with van der Waals surface area (Å²) in [6.07, 6.45) is -2.69. The van der Waals surface area contributed by atoms with Gasteiger partial charge in [0.05, 0.1) is 5.52 Å². The van der Waals surface area contributed by atoms with Crippen molar-refractivity contribution in [1.82, 2.24) is 15.2 Å². The van der Waals surface area contributed by atoms with Gasteiger partial charge in [0.1, 0.15) is 13.1 Å². The van der Waals surface area contributed by atoms with E-state index in [1.165, 1.54) is 0 Å². The number of hydrogen-bond donors (Lipinski definition) is 2. The summed E-state index contributed by atoms with van der Waals surface area (Å²) in [5, 5.41) is 5.86. The molecule has 7 heteroatoms. The monoisotopic (exact) mass is 299 g/mol. The molecule has 21 heavy (non-hydrogen) atoms. The summed E-state index contributed by atoms with van der Waals surface area (Å²) in [5.41, 5.74) is 1.85. The fourth-order valence-electron chi connectivity index (χ4n) is 2.22. The van der Waals surface area contributed by atoms with Gasteiger partial charge in [0.25, 0.3) is 0 Å². The van der Waals surface area contributed by atoms with Crippen molar-refractivity contribution in [2.75, 3.05) is 13.6 Å². The number of fused-ring (bicyclic) bond motifs is 1. The maximum atomic E-state index is 12.1. The van der Waals surface area contributed by atoms with E-state index < -0.39 is 18.6 Å². The average Bonchev–Trinajstić information content (AvgIpc) is 2.80. The summed E-state index contributed by atoms with van der Waals surface area (Å²) in [5.74, 6) is -0.663. The minimum atomic E-state index is -4.40. The number of nitrogens with one attached hydrogen (secondary N) is 2. The lowest BCUT2D eigenvalue weighted by molar-refractivity contribution is -0.138. The number of aromatic nitrogens is 1. The van der Waals surface area contributed by atoms with E-state index in [2.05, 4.69) is 5.32 Å². The predicted molar refractivity (Wildman–Crippen MR) is 73.8 cm³/mol. The molecule has 1 aromatic carbocycles. The highest BCUT2D eigenvalue weighted by molar-refractivity contribution is 5.85. The number of halogens is 3. The zero-order valence-electron chi connectivity index (χ0n) is 11.5. The molecule has 114 valence electrons. The molecule has 0 saturated heterocycles. The topological polar surface area (TPSA) is 46.1 Å². The Labute approximate surface area is 119 Å². The Morgan fingerprint density at radius 2 is 2.05 bits per heavy atom. The van der Waals surface area contributed by atoms with Crippen LogP contribution in [0, 0.1) is 0 Å². The standard InChI is InChI=1S/C14H16F3N3O/c1-18-7-11-4-2-3-10-5-6-20(13(10)11)8-12(21)19-9-14(15,16)17/h2-6,18H,7-9H2,1H3,(H,19,21). The number of hydrogen-bond acceptors (Lipinski definition) is 2. The molecule has 0 bridgehead atoms. The van der Waals surface area contributed by atoms with Crippen molar-refractivity contribution in [3.63, 3.8) is 0 Å². The minimum absolute atomic E-state index is 0.139. The third kappa shape index (κ3) is 3.98. The van der Waals surface area contributed by atoms with Crippen molar-refractivity contribution < 1.29 is 18.0 Å². The summed E-state index contributed by atoms with van der Waals surface area (Å²) in [6.45, 7) is -0.833. The highest BCUT2D eigenvalue weighted by Gasteiger charge is 2.27. The molecule has 0 radical (unpaired) electrons. The van der Waals surface area contributed by atoms with E-state index in [1.54, 1.807) is 10.8 Å². The van der Waals surface area contributed by atoms with E-state index in [9.17, 15) is 18.0 Å². The van der Waals surface area contributed by atoms with Gasteiger partial charge in [-0.15, -0.1) is 0 Å². The van der Waals surface area contributed by atoms with E-state index in [4.69, 9.17) is 0 Å². The largest absolute Gasteiger partial charge is 0.405 e. The van der Waals surface area contributed by atoms with Crippen LogP contribution in [0.5, 0.6) is 0 Å². The molecule has 2 N–H and O–H groups in total. The minimum Gasteiger partial charge on any atom is -0.345 e. The van der Waals surface area contributed by atoms with E-state index in [0.29, 0.717) is 6.54 Å². The lowest BCUT2D eigenvalue weighted by Gasteiger charge is -2.11. The zero-order chi connectivity index (χ0) is 15.5.